The predicted octanol–water partition coefficient (Wildman–Crippen LogP) is 3.38. The van der Waals surface area contributed by atoms with Gasteiger partial charge in [-0.25, -0.2) is 9.18 Å². The SMILES string of the molecule is CC1CCN(C(=O)NCc2ccc(N3CC(C)OC(C)C3)c(F)c2)CC1. The van der Waals surface area contributed by atoms with Gasteiger partial charge in [-0.15, -0.1) is 0 Å². The zero-order valence-corrected chi connectivity index (χ0v) is 16.0. The van der Waals surface area contributed by atoms with Crippen LogP contribution in [0.5, 0.6) is 0 Å². The van der Waals surface area contributed by atoms with E-state index in [-0.39, 0.29) is 24.1 Å². The van der Waals surface area contributed by atoms with E-state index in [9.17, 15) is 9.18 Å². The minimum atomic E-state index is -0.246. The first-order chi connectivity index (χ1) is 12.4. The summed E-state index contributed by atoms with van der Waals surface area (Å²) in [6.45, 7) is 9.54. The Morgan fingerprint density at radius 2 is 1.85 bits per heavy atom. The van der Waals surface area contributed by atoms with E-state index >= 15 is 0 Å². The summed E-state index contributed by atoms with van der Waals surface area (Å²) in [5.41, 5.74) is 1.38. The number of ether oxygens (including phenoxy) is 1. The van der Waals surface area contributed by atoms with E-state index in [1.165, 1.54) is 6.07 Å². The van der Waals surface area contributed by atoms with Crippen molar-refractivity contribution in [2.75, 3.05) is 31.1 Å². The number of piperidine rings is 1. The molecule has 5 nitrogen and oxygen atoms in total. The van der Waals surface area contributed by atoms with Crippen LogP contribution < -0.4 is 10.2 Å². The number of rotatable bonds is 3. The summed E-state index contributed by atoms with van der Waals surface area (Å²) in [5, 5.41) is 2.91. The molecular formula is C20H30FN3O2. The summed E-state index contributed by atoms with van der Waals surface area (Å²) in [4.78, 5) is 16.1. The van der Waals surface area contributed by atoms with Gasteiger partial charge in [0.2, 0.25) is 0 Å². The van der Waals surface area contributed by atoms with Gasteiger partial charge < -0.3 is 19.9 Å². The minimum Gasteiger partial charge on any atom is -0.372 e. The number of nitrogens with zero attached hydrogens (tertiary/aromatic N) is 2. The van der Waals surface area contributed by atoms with Gasteiger partial charge in [0, 0.05) is 32.7 Å². The number of amides is 2. The number of morpholine rings is 1. The molecule has 0 spiro atoms. The normalized spacial score (nSPS) is 24.6. The van der Waals surface area contributed by atoms with Gasteiger partial charge in [0.05, 0.1) is 17.9 Å². The summed E-state index contributed by atoms with van der Waals surface area (Å²) >= 11 is 0. The summed E-state index contributed by atoms with van der Waals surface area (Å²) in [7, 11) is 0. The molecule has 2 aliphatic heterocycles. The molecule has 2 fully saturated rings. The lowest BCUT2D eigenvalue weighted by molar-refractivity contribution is -0.00539. The lowest BCUT2D eigenvalue weighted by atomic mass is 10.00. The molecule has 6 heteroatoms. The average Bonchev–Trinajstić information content (AvgIpc) is 2.59. The van der Waals surface area contributed by atoms with Crippen LogP contribution in [-0.2, 0) is 11.3 Å². The summed E-state index contributed by atoms with van der Waals surface area (Å²) in [6, 6.07) is 5.17. The molecule has 26 heavy (non-hydrogen) atoms. The highest BCUT2D eigenvalue weighted by molar-refractivity contribution is 5.74. The lowest BCUT2D eigenvalue weighted by Crippen LogP contribution is -2.45. The third kappa shape index (κ3) is 4.67. The first-order valence-corrected chi connectivity index (χ1v) is 9.64. The highest BCUT2D eigenvalue weighted by Crippen LogP contribution is 2.24. The minimum absolute atomic E-state index is 0.0581. The van der Waals surface area contributed by atoms with Crippen molar-refractivity contribution in [3.05, 3.63) is 29.6 Å². The van der Waals surface area contributed by atoms with Gasteiger partial charge >= 0.3 is 6.03 Å². The number of benzene rings is 1. The molecule has 1 N–H and O–H groups in total. The van der Waals surface area contributed by atoms with Crippen molar-refractivity contribution in [3.63, 3.8) is 0 Å². The molecule has 1 aromatic carbocycles. The van der Waals surface area contributed by atoms with Crippen molar-refractivity contribution >= 4 is 11.7 Å². The van der Waals surface area contributed by atoms with Gasteiger partial charge in [0.1, 0.15) is 5.82 Å². The molecule has 2 atom stereocenters. The average molecular weight is 363 g/mol. The van der Waals surface area contributed by atoms with Crippen molar-refractivity contribution in [2.45, 2.75) is 52.4 Å². The quantitative estimate of drug-likeness (QED) is 0.895. The van der Waals surface area contributed by atoms with E-state index in [1.54, 1.807) is 0 Å². The maximum absolute atomic E-state index is 14.6. The molecule has 1 aromatic rings. The summed E-state index contributed by atoms with van der Waals surface area (Å²) in [6.07, 6.45) is 2.27. The number of anilines is 1. The van der Waals surface area contributed by atoms with Crippen molar-refractivity contribution in [3.8, 4) is 0 Å². The maximum atomic E-state index is 14.6. The molecule has 2 unspecified atom stereocenters. The largest absolute Gasteiger partial charge is 0.372 e. The van der Waals surface area contributed by atoms with E-state index in [4.69, 9.17) is 4.74 Å². The Bertz CT molecular complexity index is 621. The number of halogens is 1. The second-order valence-electron chi connectivity index (χ2n) is 7.78. The summed E-state index contributed by atoms with van der Waals surface area (Å²) in [5.74, 6) is 0.441. The van der Waals surface area contributed by atoms with Gasteiger partial charge in [-0.2, -0.15) is 0 Å². The first-order valence-electron chi connectivity index (χ1n) is 9.64. The Kier molecular flexibility index (Phi) is 6.01. The molecule has 2 aliphatic rings. The number of carbonyl (C=O) groups is 1. The third-order valence-electron chi connectivity index (χ3n) is 5.29. The van der Waals surface area contributed by atoms with Gasteiger partial charge in [0.15, 0.2) is 0 Å². The Labute approximate surface area is 155 Å². The van der Waals surface area contributed by atoms with Crippen LogP contribution in [0.1, 0.15) is 39.2 Å². The van der Waals surface area contributed by atoms with Crippen molar-refractivity contribution in [1.82, 2.24) is 10.2 Å². The highest BCUT2D eigenvalue weighted by atomic mass is 19.1. The standard InChI is InChI=1S/C20H30FN3O2/c1-14-6-8-23(9-7-14)20(25)22-11-17-4-5-19(18(21)10-17)24-12-15(2)26-16(3)13-24/h4-5,10,14-16H,6-9,11-13H2,1-3H3,(H,22,25). The van der Waals surface area contributed by atoms with Crippen LogP contribution >= 0.6 is 0 Å². The fourth-order valence-corrected chi connectivity index (χ4v) is 3.79. The predicted molar refractivity (Wildman–Crippen MR) is 101 cm³/mol. The zero-order chi connectivity index (χ0) is 18.7. The van der Waals surface area contributed by atoms with Crippen LogP contribution in [0.3, 0.4) is 0 Å². The molecule has 3 rings (SSSR count). The van der Waals surface area contributed by atoms with Crippen LogP contribution in [0, 0.1) is 11.7 Å². The van der Waals surface area contributed by atoms with Crippen molar-refractivity contribution < 1.29 is 13.9 Å². The smallest absolute Gasteiger partial charge is 0.317 e. The van der Waals surface area contributed by atoms with E-state index in [2.05, 4.69) is 12.2 Å². The van der Waals surface area contributed by atoms with Gasteiger partial charge in [-0.05, 0) is 50.3 Å². The summed E-state index contributed by atoms with van der Waals surface area (Å²) < 4.78 is 20.3. The Morgan fingerprint density at radius 1 is 1.19 bits per heavy atom. The molecule has 144 valence electrons. The first kappa shape index (κ1) is 19.0. The van der Waals surface area contributed by atoms with Crippen LogP contribution in [0.4, 0.5) is 14.9 Å². The van der Waals surface area contributed by atoms with Crippen molar-refractivity contribution in [2.24, 2.45) is 5.92 Å². The van der Waals surface area contributed by atoms with Gasteiger partial charge in [-0.3, -0.25) is 0 Å². The second-order valence-corrected chi connectivity index (χ2v) is 7.78. The van der Waals surface area contributed by atoms with Crippen LogP contribution in [0.25, 0.3) is 0 Å². The van der Waals surface area contributed by atoms with E-state index in [1.807, 2.05) is 35.8 Å². The molecule has 0 bridgehead atoms. The van der Waals surface area contributed by atoms with Crippen molar-refractivity contribution in [1.29, 1.82) is 0 Å². The van der Waals surface area contributed by atoms with Crippen LogP contribution in [0.2, 0.25) is 0 Å². The topological polar surface area (TPSA) is 44.8 Å². The van der Waals surface area contributed by atoms with Gasteiger partial charge in [0.25, 0.3) is 0 Å². The number of urea groups is 1. The molecule has 2 saturated heterocycles. The molecular weight excluding hydrogens is 333 g/mol. The maximum Gasteiger partial charge on any atom is 0.317 e. The molecule has 0 aromatic heterocycles. The Morgan fingerprint density at radius 3 is 2.46 bits per heavy atom. The third-order valence-corrected chi connectivity index (χ3v) is 5.29. The molecule has 0 saturated carbocycles. The monoisotopic (exact) mass is 363 g/mol. The number of likely N-dealkylation sites (tertiary alicyclic amines) is 1. The zero-order valence-electron chi connectivity index (χ0n) is 16.0. The van der Waals surface area contributed by atoms with E-state index in [0.29, 0.717) is 31.2 Å². The number of nitrogens with one attached hydrogen (secondary N) is 1. The van der Waals surface area contributed by atoms with E-state index in [0.717, 1.165) is 31.5 Å². The number of carbonyl (C=O) groups excluding carboxylic acids is 1. The highest BCUT2D eigenvalue weighted by Gasteiger charge is 2.24. The molecule has 0 aliphatic carbocycles. The van der Waals surface area contributed by atoms with Crippen LogP contribution in [0.15, 0.2) is 18.2 Å². The number of hydrogen-bond donors (Lipinski definition) is 1. The molecule has 2 heterocycles. The molecule has 2 amide bonds. The Balaban J connectivity index is 1.56. The number of hydrogen-bond acceptors (Lipinski definition) is 3. The second kappa shape index (κ2) is 8.25. The fraction of sp³-hybridized carbons (Fsp3) is 0.650. The lowest BCUT2D eigenvalue weighted by Gasteiger charge is -2.37. The van der Waals surface area contributed by atoms with E-state index < -0.39 is 0 Å². The molecule has 0 radical (unpaired) electrons. The Hall–Kier alpha value is -1.82. The van der Waals surface area contributed by atoms with Crippen LogP contribution in [-0.4, -0.2) is 49.3 Å². The van der Waals surface area contributed by atoms with Gasteiger partial charge in [-0.1, -0.05) is 13.0 Å². The fourth-order valence-electron chi connectivity index (χ4n) is 3.79.